The molecule has 0 fully saturated rings. The van der Waals surface area contributed by atoms with E-state index in [0.29, 0.717) is 11.3 Å². The Labute approximate surface area is 119 Å². The largest absolute Gasteiger partial charge is 0.333 e. The lowest BCUT2D eigenvalue weighted by Gasteiger charge is -2.15. The summed E-state index contributed by atoms with van der Waals surface area (Å²) in [5, 5.41) is 5.06. The number of imidazole rings is 1. The van der Waals surface area contributed by atoms with Crippen LogP contribution < -0.4 is 5.32 Å². The number of nitrogens with one attached hydrogen (secondary N) is 2. The Kier molecular flexibility index (Phi) is 4.88. The highest BCUT2D eigenvalue weighted by molar-refractivity contribution is 7.99. The molecule has 104 valence electrons. The molecular weight excluding hydrogens is 254 g/mol. The van der Waals surface area contributed by atoms with E-state index in [9.17, 15) is 0 Å². The molecule has 1 heterocycles. The molecule has 2 N–H and O–H groups in total. The molecule has 0 spiro atoms. The van der Waals surface area contributed by atoms with Crippen molar-refractivity contribution in [3.05, 3.63) is 23.8 Å². The summed E-state index contributed by atoms with van der Waals surface area (Å²) in [6.45, 7) is 9.78. The number of nitrogens with zero attached hydrogens (tertiary/aromatic N) is 1. The summed E-state index contributed by atoms with van der Waals surface area (Å²) in [6, 6.07) is 6.91. The average molecular weight is 277 g/mol. The Hall–Kier alpha value is -1.00. The van der Waals surface area contributed by atoms with Crippen molar-refractivity contribution in [3.8, 4) is 0 Å². The molecule has 0 aliphatic rings. The predicted molar refractivity (Wildman–Crippen MR) is 83.9 cm³/mol. The summed E-state index contributed by atoms with van der Waals surface area (Å²) in [5.41, 5.74) is 3.44. The average Bonchev–Trinajstić information content (AvgIpc) is 2.77. The molecule has 0 aliphatic carbocycles. The van der Waals surface area contributed by atoms with Crippen LogP contribution >= 0.6 is 11.8 Å². The molecule has 1 aromatic carbocycles. The zero-order valence-corrected chi connectivity index (χ0v) is 13.0. The van der Waals surface area contributed by atoms with Crippen molar-refractivity contribution in [3.63, 3.8) is 0 Å². The van der Waals surface area contributed by atoms with Gasteiger partial charge in [-0.2, -0.15) is 0 Å². The second-order valence-corrected chi connectivity index (χ2v) is 6.64. The molecule has 1 aromatic heterocycles. The molecule has 2 aromatic rings. The zero-order chi connectivity index (χ0) is 13.8. The van der Waals surface area contributed by atoms with E-state index in [1.807, 2.05) is 0 Å². The Balaban J connectivity index is 1.97. The van der Waals surface area contributed by atoms with Gasteiger partial charge in [0, 0.05) is 17.8 Å². The van der Waals surface area contributed by atoms with E-state index < -0.39 is 0 Å². The first-order valence-electron chi connectivity index (χ1n) is 6.95. The summed E-state index contributed by atoms with van der Waals surface area (Å²) in [4.78, 5) is 8.01. The van der Waals surface area contributed by atoms with Crippen LogP contribution in [0.3, 0.4) is 0 Å². The van der Waals surface area contributed by atoms with E-state index in [1.54, 1.807) is 11.8 Å². The summed E-state index contributed by atoms with van der Waals surface area (Å²) in [6.07, 6.45) is 1.17. The third-order valence-corrected chi connectivity index (χ3v) is 4.28. The standard InChI is InChI=1S/C15H23N3S/c1-5-11(3)16-9-12(4)19-15-17-13-7-6-10(2)8-14(13)18-15/h6-8,11-12,16H,5,9H2,1-4H3,(H,17,18). The monoisotopic (exact) mass is 277 g/mol. The fraction of sp³-hybridized carbons (Fsp3) is 0.533. The molecule has 0 amide bonds. The van der Waals surface area contributed by atoms with Gasteiger partial charge in [-0.15, -0.1) is 0 Å². The zero-order valence-electron chi connectivity index (χ0n) is 12.2. The number of benzene rings is 1. The predicted octanol–water partition coefficient (Wildman–Crippen LogP) is 3.74. The molecule has 2 atom stereocenters. The second-order valence-electron chi connectivity index (χ2n) is 5.21. The van der Waals surface area contributed by atoms with Gasteiger partial charge in [0.15, 0.2) is 5.16 Å². The molecule has 2 rings (SSSR count). The van der Waals surface area contributed by atoms with Crippen molar-refractivity contribution in [1.82, 2.24) is 15.3 Å². The number of aromatic amines is 1. The molecule has 19 heavy (non-hydrogen) atoms. The van der Waals surface area contributed by atoms with Crippen LogP contribution in [0.1, 0.15) is 32.8 Å². The van der Waals surface area contributed by atoms with Crippen LogP contribution in [-0.4, -0.2) is 27.8 Å². The van der Waals surface area contributed by atoms with Gasteiger partial charge in [0.05, 0.1) is 11.0 Å². The minimum Gasteiger partial charge on any atom is -0.333 e. The Bertz CT molecular complexity index is 535. The highest BCUT2D eigenvalue weighted by Gasteiger charge is 2.09. The third kappa shape index (κ3) is 3.98. The van der Waals surface area contributed by atoms with Gasteiger partial charge in [-0.3, -0.25) is 0 Å². The Morgan fingerprint density at radius 2 is 2.16 bits per heavy atom. The smallest absolute Gasteiger partial charge is 0.166 e. The van der Waals surface area contributed by atoms with Crippen LogP contribution in [0.25, 0.3) is 11.0 Å². The van der Waals surface area contributed by atoms with Crippen LogP contribution in [0.5, 0.6) is 0 Å². The summed E-state index contributed by atoms with van der Waals surface area (Å²) < 4.78 is 0. The van der Waals surface area contributed by atoms with Crippen LogP contribution in [0.2, 0.25) is 0 Å². The highest BCUT2D eigenvalue weighted by Crippen LogP contribution is 2.23. The fourth-order valence-electron chi connectivity index (χ4n) is 1.90. The number of H-pyrrole nitrogens is 1. The number of rotatable bonds is 6. The number of fused-ring (bicyclic) bond motifs is 1. The lowest BCUT2D eigenvalue weighted by atomic mass is 10.2. The van der Waals surface area contributed by atoms with Crippen molar-refractivity contribution < 1.29 is 0 Å². The van der Waals surface area contributed by atoms with Crippen molar-refractivity contribution in [2.75, 3.05) is 6.54 Å². The summed E-state index contributed by atoms with van der Waals surface area (Å²) in [7, 11) is 0. The first-order chi connectivity index (χ1) is 9.08. The van der Waals surface area contributed by atoms with Crippen molar-refractivity contribution >= 4 is 22.8 Å². The lowest BCUT2D eigenvalue weighted by Crippen LogP contribution is -2.30. The van der Waals surface area contributed by atoms with E-state index in [2.05, 4.69) is 61.2 Å². The van der Waals surface area contributed by atoms with E-state index in [4.69, 9.17) is 0 Å². The SMILES string of the molecule is CCC(C)NCC(C)Sc1nc2ccc(C)cc2[nH]1. The molecular formula is C15H23N3S. The van der Waals surface area contributed by atoms with Gasteiger partial charge < -0.3 is 10.3 Å². The van der Waals surface area contributed by atoms with Crippen molar-refractivity contribution in [2.45, 2.75) is 50.6 Å². The topological polar surface area (TPSA) is 40.7 Å². The maximum absolute atomic E-state index is 4.62. The van der Waals surface area contributed by atoms with Gasteiger partial charge >= 0.3 is 0 Å². The highest BCUT2D eigenvalue weighted by atomic mass is 32.2. The van der Waals surface area contributed by atoms with Crippen LogP contribution in [-0.2, 0) is 0 Å². The molecule has 0 saturated carbocycles. The minimum absolute atomic E-state index is 0.510. The molecule has 2 unspecified atom stereocenters. The maximum Gasteiger partial charge on any atom is 0.166 e. The van der Waals surface area contributed by atoms with E-state index in [0.717, 1.165) is 22.7 Å². The van der Waals surface area contributed by atoms with Gasteiger partial charge in [-0.1, -0.05) is 31.7 Å². The van der Waals surface area contributed by atoms with Gasteiger partial charge in [0.1, 0.15) is 0 Å². The van der Waals surface area contributed by atoms with Crippen molar-refractivity contribution in [2.24, 2.45) is 0 Å². The minimum atomic E-state index is 0.510. The Morgan fingerprint density at radius 3 is 2.89 bits per heavy atom. The van der Waals surface area contributed by atoms with E-state index in [-0.39, 0.29) is 0 Å². The van der Waals surface area contributed by atoms with Gasteiger partial charge in [-0.05, 0) is 38.0 Å². The van der Waals surface area contributed by atoms with E-state index in [1.165, 1.54) is 12.0 Å². The number of aryl methyl sites for hydroxylation is 1. The van der Waals surface area contributed by atoms with Crippen molar-refractivity contribution in [1.29, 1.82) is 0 Å². The fourth-order valence-corrected chi connectivity index (χ4v) is 2.78. The first kappa shape index (κ1) is 14.4. The van der Waals surface area contributed by atoms with Gasteiger partial charge in [0.2, 0.25) is 0 Å². The number of hydrogen-bond donors (Lipinski definition) is 2. The molecule has 3 nitrogen and oxygen atoms in total. The summed E-state index contributed by atoms with van der Waals surface area (Å²) in [5.74, 6) is 0. The third-order valence-electron chi connectivity index (χ3n) is 3.29. The quantitative estimate of drug-likeness (QED) is 0.790. The molecule has 0 bridgehead atoms. The van der Waals surface area contributed by atoms with Gasteiger partial charge in [-0.25, -0.2) is 4.98 Å². The molecule has 4 heteroatoms. The lowest BCUT2D eigenvalue weighted by molar-refractivity contribution is 0.536. The van der Waals surface area contributed by atoms with Gasteiger partial charge in [0.25, 0.3) is 0 Å². The molecule has 0 saturated heterocycles. The second kappa shape index (κ2) is 6.44. The first-order valence-corrected chi connectivity index (χ1v) is 7.83. The van der Waals surface area contributed by atoms with Crippen LogP contribution in [0.15, 0.2) is 23.4 Å². The van der Waals surface area contributed by atoms with E-state index >= 15 is 0 Å². The number of thioether (sulfide) groups is 1. The number of hydrogen-bond acceptors (Lipinski definition) is 3. The number of aromatic nitrogens is 2. The maximum atomic E-state index is 4.62. The van der Waals surface area contributed by atoms with Crippen LogP contribution in [0, 0.1) is 6.92 Å². The molecule has 0 aliphatic heterocycles. The molecule has 0 radical (unpaired) electrons. The Morgan fingerprint density at radius 1 is 1.37 bits per heavy atom. The normalized spacial score (nSPS) is 14.7. The van der Waals surface area contributed by atoms with Crippen LogP contribution in [0.4, 0.5) is 0 Å². The summed E-state index contributed by atoms with van der Waals surface area (Å²) >= 11 is 1.80.